The molecule has 0 aromatic heterocycles. The lowest BCUT2D eigenvalue weighted by Crippen LogP contribution is -3.00. The van der Waals surface area contributed by atoms with Crippen LogP contribution in [0.3, 0.4) is 0 Å². The third-order valence-electron chi connectivity index (χ3n) is 5.77. The highest BCUT2D eigenvalue weighted by Crippen LogP contribution is 2.46. The van der Waals surface area contributed by atoms with Crippen LogP contribution in [0.1, 0.15) is 42.9 Å². The highest BCUT2D eigenvalue weighted by molar-refractivity contribution is 5.22. The fraction of sp³-hybridized carbons (Fsp3) is 0.478. The van der Waals surface area contributed by atoms with Crippen molar-refractivity contribution in [3.63, 3.8) is 0 Å². The third kappa shape index (κ3) is 4.87. The normalized spacial score (nSPS) is 24.5. The van der Waals surface area contributed by atoms with Crippen molar-refractivity contribution >= 4 is 0 Å². The average molecular weight is 465 g/mol. The number of hydrogen-bond donors (Lipinski definition) is 1. The van der Waals surface area contributed by atoms with Crippen LogP contribution in [0.15, 0.2) is 60.7 Å². The predicted molar refractivity (Wildman–Crippen MR) is 104 cm³/mol. The van der Waals surface area contributed by atoms with E-state index in [0.29, 0.717) is 6.04 Å². The molecule has 1 fully saturated rings. The highest BCUT2D eigenvalue weighted by atomic mass is 127. The Hall–Kier alpha value is -0.910. The van der Waals surface area contributed by atoms with Crippen LogP contribution in [0.25, 0.3) is 0 Å². The molecular weight excluding hydrogens is 433 g/mol. The number of rotatable bonds is 5. The van der Waals surface area contributed by atoms with E-state index in [4.69, 9.17) is 0 Å². The van der Waals surface area contributed by atoms with Crippen LogP contribution in [-0.2, 0) is 6.42 Å². The minimum atomic E-state index is -0.633. The zero-order valence-electron chi connectivity index (χ0n) is 16.2. The van der Waals surface area contributed by atoms with Gasteiger partial charge in [0.15, 0.2) is 0 Å². The van der Waals surface area contributed by atoms with E-state index in [0.717, 1.165) is 30.2 Å². The molecule has 0 heterocycles. The molecule has 3 atom stereocenters. The molecule has 2 aromatic rings. The van der Waals surface area contributed by atoms with Crippen molar-refractivity contribution in [1.29, 1.82) is 0 Å². The molecule has 3 rings (SSSR count). The molecule has 0 saturated heterocycles. The van der Waals surface area contributed by atoms with Crippen molar-refractivity contribution in [2.75, 3.05) is 21.1 Å². The average Bonchev–Trinajstić information content (AvgIpc) is 2.57. The van der Waals surface area contributed by atoms with Crippen LogP contribution in [-0.4, -0.2) is 36.3 Å². The second kappa shape index (κ2) is 8.85. The van der Waals surface area contributed by atoms with Gasteiger partial charge in [-0.1, -0.05) is 73.5 Å². The largest absolute Gasteiger partial charge is 1.00 e. The van der Waals surface area contributed by atoms with Crippen LogP contribution in [0.4, 0.5) is 0 Å². The Kier molecular flexibility index (Phi) is 7.28. The molecule has 2 nitrogen and oxygen atoms in total. The van der Waals surface area contributed by atoms with Gasteiger partial charge in [0.2, 0.25) is 0 Å². The van der Waals surface area contributed by atoms with Crippen LogP contribution in [0.5, 0.6) is 0 Å². The Labute approximate surface area is 175 Å². The van der Waals surface area contributed by atoms with E-state index in [1.54, 1.807) is 0 Å². The Bertz CT molecular complexity index is 668. The number of halogens is 1. The Morgan fingerprint density at radius 2 is 1.54 bits per heavy atom. The summed E-state index contributed by atoms with van der Waals surface area (Å²) >= 11 is 0. The summed E-state index contributed by atoms with van der Waals surface area (Å²) in [7, 11) is 6.78. The first-order chi connectivity index (χ1) is 11.9. The number of benzene rings is 2. The van der Waals surface area contributed by atoms with Crippen LogP contribution in [0, 0.1) is 5.92 Å². The van der Waals surface area contributed by atoms with Gasteiger partial charge in [-0.05, 0) is 18.4 Å². The summed E-state index contributed by atoms with van der Waals surface area (Å²) in [6.07, 6.45) is 5.08. The number of quaternary nitrogens is 1. The fourth-order valence-corrected chi connectivity index (χ4v) is 4.74. The molecular formula is C23H32INO. The highest BCUT2D eigenvalue weighted by Gasteiger charge is 2.48. The Morgan fingerprint density at radius 3 is 2.12 bits per heavy atom. The Morgan fingerprint density at radius 1 is 0.962 bits per heavy atom. The lowest BCUT2D eigenvalue weighted by molar-refractivity contribution is -0.908. The van der Waals surface area contributed by atoms with Crippen molar-refractivity contribution < 1.29 is 33.6 Å². The molecule has 0 bridgehead atoms. The second-order valence-electron chi connectivity index (χ2n) is 8.59. The lowest BCUT2D eigenvalue weighted by Gasteiger charge is -2.48. The van der Waals surface area contributed by atoms with E-state index < -0.39 is 5.60 Å². The molecule has 0 spiro atoms. The van der Waals surface area contributed by atoms with Gasteiger partial charge in [0.1, 0.15) is 6.04 Å². The van der Waals surface area contributed by atoms with E-state index >= 15 is 0 Å². The first kappa shape index (κ1) is 21.4. The summed E-state index contributed by atoms with van der Waals surface area (Å²) in [5.41, 5.74) is 1.95. The standard InChI is InChI=1S/C23H32NO.HI/c1-24(2,3)22(20-14-8-5-9-15-20)21-16-10-11-17-23(21,25)18-19-12-6-4-7-13-19;/h4-9,12-15,21-22,25H,10-11,16-18H2,1-3H3;1H/q+1;/p-1/t21-,22-,23+;/m0./s1. The van der Waals surface area contributed by atoms with E-state index in [1.807, 2.05) is 6.07 Å². The van der Waals surface area contributed by atoms with Gasteiger partial charge in [-0.3, -0.25) is 0 Å². The fourth-order valence-electron chi connectivity index (χ4n) is 4.74. The number of nitrogens with zero attached hydrogens (tertiary/aromatic N) is 1. The van der Waals surface area contributed by atoms with Gasteiger partial charge >= 0.3 is 0 Å². The molecule has 1 aliphatic rings. The van der Waals surface area contributed by atoms with Gasteiger partial charge in [0.25, 0.3) is 0 Å². The molecule has 1 aliphatic carbocycles. The first-order valence-corrected chi connectivity index (χ1v) is 9.52. The summed E-state index contributed by atoms with van der Waals surface area (Å²) in [6.45, 7) is 0. The molecule has 0 aliphatic heterocycles. The second-order valence-corrected chi connectivity index (χ2v) is 8.59. The van der Waals surface area contributed by atoms with E-state index in [9.17, 15) is 5.11 Å². The van der Waals surface area contributed by atoms with Crippen molar-refractivity contribution in [1.82, 2.24) is 0 Å². The summed E-state index contributed by atoms with van der Waals surface area (Å²) in [5.74, 6) is 0.267. The van der Waals surface area contributed by atoms with Crippen molar-refractivity contribution in [3.05, 3.63) is 71.8 Å². The van der Waals surface area contributed by atoms with Crippen molar-refractivity contribution in [2.45, 2.75) is 43.7 Å². The van der Waals surface area contributed by atoms with Gasteiger partial charge in [-0.15, -0.1) is 0 Å². The Balaban J connectivity index is 0.00000243. The zero-order chi connectivity index (χ0) is 17.9. The van der Waals surface area contributed by atoms with Gasteiger partial charge in [-0.2, -0.15) is 0 Å². The third-order valence-corrected chi connectivity index (χ3v) is 5.77. The topological polar surface area (TPSA) is 20.2 Å². The van der Waals surface area contributed by atoms with Gasteiger partial charge in [0.05, 0.1) is 26.7 Å². The van der Waals surface area contributed by atoms with Crippen LogP contribution < -0.4 is 24.0 Å². The summed E-state index contributed by atoms with van der Waals surface area (Å²) in [6, 6.07) is 21.6. The van der Waals surface area contributed by atoms with Crippen LogP contribution >= 0.6 is 0 Å². The summed E-state index contributed by atoms with van der Waals surface area (Å²) < 4.78 is 0.839. The SMILES string of the molecule is C[N+](C)(C)[C@@H](c1ccccc1)[C@@H]1CCCC[C@@]1(O)Cc1ccccc1.[I-]. The van der Waals surface area contributed by atoms with Gasteiger partial charge in [0, 0.05) is 17.9 Å². The van der Waals surface area contributed by atoms with Crippen molar-refractivity contribution in [2.24, 2.45) is 5.92 Å². The van der Waals surface area contributed by atoms with Gasteiger partial charge in [-0.25, -0.2) is 0 Å². The van der Waals surface area contributed by atoms with E-state index in [-0.39, 0.29) is 29.9 Å². The number of hydrogen-bond acceptors (Lipinski definition) is 1. The summed E-state index contributed by atoms with van der Waals surface area (Å²) in [4.78, 5) is 0. The lowest BCUT2D eigenvalue weighted by atomic mass is 9.67. The van der Waals surface area contributed by atoms with Gasteiger partial charge < -0.3 is 33.6 Å². The molecule has 1 N–H and O–H groups in total. The molecule has 3 heteroatoms. The minimum absolute atomic E-state index is 0. The molecule has 0 radical (unpaired) electrons. The van der Waals surface area contributed by atoms with E-state index in [1.165, 1.54) is 17.5 Å². The summed E-state index contributed by atoms with van der Waals surface area (Å²) in [5, 5.41) is 11.8. The van der Waals surface area contributed by atoms with E-state index in [2.05, 4.69) is 75.7 Å². The zero-order valence-corrected chi connectivity index (χ0v) is 18.4. The molecule has 0 unspecified atom stereocenters. The van der Waals surface area contributed by atoms with Crippen LogP contribution in [0.2, 0.25) is 0 Å². The minimum Gasteiger partial charge on any atom is -1.00 e. The molecule has 2 aromatic carbocycles. The first-order valence-electron chi connectivity index (χ1n) is 9.52. The maximum atomic E-state index is 11.8. The van der Waals surface area contributed by atoms with Crippen molar-refractivity contribution in [3.8, 4) is 0 Å². The quantitative estimate of drug-likeness (QED) is 0.526. The maximum absolute atomic E-state index is 11.8. The molecule has 142 valence electrons. The number of aliphatic hydroxyl groups is 1. The predicted octanol–water partition coefficient (Wildman–Crippen LogP) is 1.60. The maximum Gasteiger partial charge on any atom is 0.120 e. The molecule has 1 saturated carbocycles. The molecule has 0 amide bonds. The monoisotopic (exact) mass is 465 g/mol. The smallest absolute Gasteiger partial charge is 0.120 e. The molecule has 26 heavy (non-hydrogen) atoms.